The summed E-state index contributed by atoms with van der Waals surface area (Å²) in [4.78, 5) is 15.6. The lowest BCUT2D eigenvalue weighted by Crippen LogP contribution is -2.12. The van der Waals surface area contributed by atoms with Crippen molar-refractivity contribution < 1.29 is 14.3 Å². The lowest BCUT2D eigenvalue weighted by molar-refractivity contribution is 0.0747. The number of aliphatic hydroxyl groups excluding tert-OH is 1. The molecule has 0 aliphatic rings. The number of hydrogen-bond donors (Lipinski definition) is 1. The Morgan fingerprint density at radius 1 is 1.12 bits per heavy atom. The summed E-state index contributed by atoms with van der Waals surface area (Å²) in [5, 5.41) is 9.84. The first-order chi connectivity index (χ1) is 8.18. The first kappa shape index (κ1) is 11.4. The molecule has 1 unspecified atom stereocenters. The van der Waals surface area contributed by atoms with Gasteiger partial charge in [-0.05, 0) is 29.8 Å². The van der Waals surface area contributed by atoms with Crippen LogP contribution in [0.1, 0.15) is 22.0 Å². The van der Waals surface area contributed by atoms with E-state index in [2.05, 4.69) is 4.98 Å². The van der Waals surface area contributed by atoms with Crippen molar-refractivity contribution >= 4 is 5.78 Å². The molecule has 1 aromatic heterocycles. The second kappa shape index (κ2) is 4.84. The molecule has 0 saturated carbocycles. The maximum atomic E-state index is 12.7. The van der Waals surface area contributed by atoms with E-state index in [1.54, 1.807) is 0 Å². The molecule has 4 heteroatoms. The fourth-order valence-corrected chi connectivity index (χ4v) is 1.47. The fraction of sp³-hybridized carbons (Fsp3) is 0.0769. The van der Waals surface area contributed by atoms with Gasteiger partial charge in [0.1, 0.15) is 11.9 Å². The molecule has 2 aromatic rings. The molecule has 0 radical (unpaired) electrons. The topological polar surface area (TPSA) is 50.2 Å². The monoisotopic (exact) mass is 231 g/mol. The molecule has 1 atom stereocenters. The van der Waals surface area contributed by atoms with E-state index >= 15 is 0 Å². The summed E-state index contributed by atoms with van der Waals surface area (Å²) in [7, 11) is 0. The van der Waals surface area contributed by atoms with Crippen LogP contribution in [0.4, 0.5) is 4.39 Å². The van der Waals surface area contributed by atoms with Crippen LogP contribution in [0, 0.1) is 5.82 Å². The molecule has 0 aliphatic carbocycles. The summed E-state index contributed by atoms with van der Waals surface area (Å²) in [6, 6.07) is 8.24. The van der Waals surface area contributed by atoms with Gasteiger partial charge in [-0.1, -0.05) is 12.1 Å². The fourth-order valence-electron chi connectivity index (χ4n) is 1.47. The van der Waals surface area contributed by atoms with Crippen LogP contribution in [0.25, 0.3) is 0 Å². The van der Waals surface area contributed by atoms with Gasteiger partial charge < -0.3 is 5.11 Å². The van der Waals surface area contributed by atoms with Gasteiger partial charge in [0, 0.05) is 18.0 Å². The van der Waals surface area contributed by atoms with Crippen molar-refractivity contribution in [1.82, 2.24) is 4.98 Å². The van der Waals surface area contributed by atoms with Crippen molar-refractivity contribution in [3.05, 3.63) is 65.7 Å². The Balaban J connectivity index is 2.23. The predicted molar refractivity (Wildman–Crippen MR) is 59.9 cm³/mol. The van der Waals surface area contributed by atoms with Crippen molar-refractivity contribution in [2.45, 2.75) is 6.10 Å². The number of halogens is 1. The molecule has 3 nitrogen and oxygen atoms in total. The molecular formula is C13H10FNO2. The number of benzene rings is 1. The minimum atomic E-state index is -1.28. The Labute approximate surface area is 97.6 Å². The number of aromatic nitrogens is 1. The molecule has 0 spiro atoms. The molecule has 0 fully saturated rings. The third kappa shape index (κ3) is 2.54. The molecule has 86 valence electrons. The number of carbonyl (C=O) groups is 1. The minimum Gasteiger partial charge on any atom is -0.380 e. The maximum absolute atomic E-state index is 12.7. The van der Waals surface area contributed by atoms with E-state index in [4.69, 9.17) is 0 Å². The number of Topliss-reactive ketones (excluding diaryl/α,β-unsaturated/α-hetero) is 1. The van der Waals surface area contributed by atoms with Gasteiger partial charge in [0.05, 0.1) is 0 Å². The summed E-state index contributed by atoms with van der Waals surface area (Å²) in [5.41, 5.74) is 0.741. The molecular weight excluding hydrogens is 221 g/mol. The number of aliphatic hydroxyl groups is 1. The normalized spacial score (nSPS) is 12.1. The largest absolute Gasteiger partial charge is 0.380 e. The van der Waals surface area contributed by atoms with Crippen molar-refractivity contribution in [2.24, 2.45) is 0 Å². The number of rotatable bonds is 3. The molecule has 2 rings (SSSR count). The zero-order valence-electron chi connectivity index (χ0n) is 8.88. The molecule has 1 aromatic carbocycles. The third-order valence-corrected chi connectivity index (χ3v) is 2.40. The molecule has 0 bridgehead atoms. The van der Waals surface area contributed by atoms with Gasteiger partial charge in [-0.2, -0.15) is 0 Å². The number of pyridine rings is 1. The smallest absolute Gasteiger partial charge is 0.195 e. The van der Waals surface area contributed by atoms with Crippen LogP contribution < -0.4 is 0 Å². The summed E-state index contributed by atoms with van der Waals surface area (Å²) in [6.07, 6.45) is 1.67. The zero-order chi connectivity index (χ0) is 12.3. The SMILES string of the molecule is O=C(c1ccncc1)C(O)c1ccc(F)cc1. The summed E-state index contributed by atoms with van der Waals surface area (Å²) >= 11 is 0. The molecule has 0 saturated heterocycles. The van der Waals surface area contributed by atoms with Gasteiger partial charge in [0.15, 0.2) is 5.78 Å². The quantitative estimate of drug-likeness (QED) is 0.823. The van der Waals surface area contributed by atoms with E-state index < -0.39 is 17.7 Å². The molecule has 17 heavy (non-hydrogen) atoms. The average Bonchev–Trinajstić information content (AvgIpc) is 2.39. The summed E-state index contributed by atoms with van der Waals surface area (Å²) in [6.45, 7) is 0. The highest BCUT2D eigenvalue weighted by molar-refractivity contribution is 5.99. The predicted octanol–water partition coefficient (Wildman–Crippen LogP) is 2.14. The molecule has 0 amide bonds. The van der Waals surface area contributed by atoms with Crippen LogP contribution in [-0.4, -0.2) is 15.9 Å². The highest BCUT2D eigenvalue weighted by atomic mass is 19.1. The zero-order valence-corrected chi connectivity index (χ0v) is 8.88. The van der Waals surface area contributed by atoms with Gasteiger partial charge in [0.2, 0.25) is 0 Å². The summed E-state index contributed by atoms with van der Waals surface area (Å²) in [5.74, 6) is -0.837. The Morgan fingerprint density at radius 2 is 1.71 bits per heavy atom. The van der Waals surface area contributed by atoms with E-state index in [0.717, 1.165) is 0 Å². The van der Waals surface area contributed by atoms with Gasteiger partial charge in [-0.3, -0.25) is 9.78 Å². The second-order valence-corrected chi connectivity index (χ2v) is 3.55. The molecule has 1 heterocycles. The third-order valence-electron chi connectivity index (χ3n) is 2.40. The average molecular weight is 231 g/mol. The lowest BCUT2D eigenvalue weighted by atomic mass is 10.0. The van der Waals surface area contributed by atoms with Crippen LogP contribution >= 0.6 is 0 Å². The van der Waals surface area contributed by atoms with E-state index in [1.807, 2.05) is 0 Å². The number of carbonyl (C=O) groups excluding carboxylic acids is 1. The van der Waals surface area contributed by atoms with Crippen LogP contribution in [0.2, 0.25) is 0 Å². The first-order valence-corrected chi connectivity index (χ1v) is 5.06. The van der Waals surface area contributed by atoms with E-state index in [1.165, 1.54) is 48.8 Å². The highest BCUT2D eigenvalue weighted by Crippen LogP contribution is 2.18. The van der Waals surface area contributed by atoms with E-state index in [9.17, 15) is 14.3 Å². The number of nitrogens with zero attached hydrogens (tertiary/aromatic N) is 1. The Bertz CT molecular complexity index is 511. The first-order valence-electron chi connectivity index (χ1n) is 5.06. The standard InChI is InChI=1S/C13H10FNO2/c14-11-3-1-9(2-4-11)12(16)13(17)10-5-7-15-8-6-10/h1-8,12,16H. The number of hydrogen-bond acceptors (Lipinski definition) is 3. The van der Waals surface area contributed by atoms with Gasteiger partial charge in [-0.25, -0.2) is 4.39 Å². The minimum absolute atomic E-state index is 0.369. The van der Waals surface area contributed by atoms with Crippen LogP contribution in [0.5, 0.6) is 0 Å². The maximum Gasteiger partial charge on any atom is 0.195 e. The van der Waals surface area contributed by atoms with Crippen LogP contribution in [0.3, 0.4) is 0 Å². The van der Waals surface area contributed by atoms with Gasteiger partial charge in [-0.15, -0.1) is 0 Å². The van der Waals surface area contributed by atoms with E-state index in [-0.39, 0.29) is 0 Å². The van der Waals surface area contributed by atoms with E-state index in [0.29, 0.717) is 11.1 Å². The number of ketones is 1. The van der Waals surface area contributed by atoms with Crippen molar-refractivity contribution in [3.8, 4) is 0 Å². The van der Waals surface area contributed by atoms with Crippen LogP contribution in [-0.2, 0) is 0 Å². The Kier molecular flexibility index (Phi) is 3.25. The highest BCUT2D eigenvalue weighted by Gasteiger charge is 2.18. The van der Waals surface area contributed by atoms with Crippen molar-refractivity contribution in [2.75, 3.05) is 0 Å². The molecule has 1 N–H and O–H groups in total. The lowest BCUT2D eigenvalue weighted by Gasteiger charge is -2.09. The second-order valence-electron chi connectivity index (χ2n) is 3.55. The van der Waals surface area contributed by atoms with Crippen LogP contribution in [0.15, 0.2) is 48.8 Å². The van der Waals surface area contributed by atoms with Gasteiger partial charge in [0.25, 0.3) is 0 Å². The molecule has 0 aliphatic heterocycles. The van der Waals surface area contributed by atoms with Gasteiger partial charge >= 0.3 is 0 Å². The van der Waals surface area contributed by atoms with Crippen molar-refractivity contribution in [3.63, 3.8) is 0 Å². The van der Waals surface area contributed by atoms with Crippen molar-refractivity contribution in [1.29, 1.82) is 0 Å². The summed E-state index contributed by atoms with van der Waals surface area (Å²) < 4.78 is 12.7. The Morgan fingerprint density at radius 3 is 2.29 bits per heavy atom. The Hall–Kier alpha value is -2.07.